The van der Waals surface area contributed by atoms with Crippen molar-refractivity contribution >= 4 is 17.3 Å². The van der Waals surface area contributed by atoms with Gasteiger partial charge in [-0.25, -0.2) is 9.97 Å². The van der Waals surface area contributed by atoms with Gasteiger partial charge in [-0.3, -0.25) is 14.8 Å². The lowest BCUT2D eigenvalue weighted by Crippen LogP contribution is -2.12. The highest BCUT2D eigenvalue weighted by molar-refractivity contribution is 5.69. The summed E-state index contributed by atoms with van der Waals surface area (Å²) in [5.41, 5.74) is -0.126. The Bertz CT molecular complexity index is 585. The Hall–Kier alpha value is -2.71. The van der Waals surface area contributed by atoms with Gasteiger partial charge in [0.25, 0.3) is 0 Å². The number of aryl methyl sites for hydroxylation is 1. The second kappa shape index (κ2) is 7.17. The van der Waals surface area contributed by atoms with E-state index in [1.54, 1.807) is 10.9 Å². The molecule has 0 spiro atoms. The number of nitrogens with zero attached hydrogens (tertiary/aromatic N) is 5. The zero-order chi connectivity index (χ0) is 15.1. The Kier molecular flexibility index (Phi) is 5.02. The van der Waals surface area contributed by atoms with Crippen molar-refractivity contribution in [1.82, 2.24) is 19.7 Å². The fourth-order valence-electron chi connectivity index (χ4n) is 1.86. The number of anilines is 2. The van der Waals surface area contributed by atoms with Crippen LogP contribution in [0.4, 0.5) is 17.3 Å². The summed E-state index contributed by atoms with van der Waals surface area (Å²) in [4.78, 5) is 18.5. The predicted molar refractivity (Wildman–Crippen MR) is 78.2 cm³/mol. The molecule has 0 aliphatic carbocycles. The van der Waals surface area contributed by atoms with E-state index >= 15 is 0 Å². The molecule has 2 aromatic heterocycles. The summed E-state index contributed by atoms with van der Waals surface area (Å²) >= 11 is 0. The van der Waals surface area contributed by atoms with Gasteiger partial charge in [0.1, 0.15) is 6.33 Å². The first-order valence-corrected chi connectivity index (χ1v) is 6.67. The second-order valence-electron chi connectivity index (χ2n) is 4.26. The van der Waals surface area contributed by atoms with Crippen molar-refractivity contribution in [2.24, 2.45) is 0 Å². The van der Waals surface area contributed by atoms with E-state index in [1.165, 1.54) is 6.33 Å². The van der Waals surface area contributed by atoms with Crippen molar-refractivity contribution in [3.8, 4) is 0 Å². The average molecular weight is 291 g/mol. The normalized spacial score (nSPS) is 10.3. The zero-order valence-electron chi connectivity index (χ0n) is 11.7. The van der Waals surface area contributed by atoms with Gasteiger partial charge in [0.2, 0.25) is 11.6 Å². The van der Waals surface area contributed by atoms with Crippen molar-refractivity contribution in [1.29, 1.82) is 0 Å². The summed E-state index contributed by atoms with van der Waals surface area (Å²) in [5.74, 6) is 0.457. The van der Waals surface area contributed by atoms with Crippen LogP contribution in [0.1, 0.15) is 13.3 Å². The molecule has 0 aliphatic heterocycles. The SMILES string of the molecule is CCNc1ncnc(NCCCn2cccn2)c1[N+](=O)[O-]. The third-order valence-corrected chi connectivity index (χ3v) is 2.76. The lowest BCUT2D eigenvalue weighted by molar-refractivity contribution is -0.383. The molecule has 0 aromatic carbocycles. The van der Waals surface area contributed by atoms with E-state index < -0.39 is 4.92 Å². The lowest BCUT2D eigenvalue weighted by Gasteiger charge is -2.09. The van der Waals surface area contributed by atoms with E-state index in [-0.39, 0.29) is 17.3 Å². The fourth-order valence-corrected chi connectivity index (χ4v) is 1.86. The molecule has 112 valence electrons. The zero-order valence-corrected chi connectivity index (χ0v) is 11.7. The van der Waals surface area contributed by atoms with Crippen LogP contribution in [0.25, 0.3) is 0 Å². The number of hydrogen-bond donors (Lipinski definition) is 2. The van der Waals surface area contributed by atoms with E-state index in [0.29, 0.717) is 13.1 Å². The maximum atomic E-state index is 11.2. The molecule has 0 aliphatic rings. The Morgan fingerprint density at radius 2 is 2.10 bits per heavy atom. The van der Waals surface area contributed by atoms with Crippen LogP contribution >= 0.6 is 0 Å². The van der Waals surface area contributed by atoms with Crippen molar-refractivity contribution < 1.29 is 4.92 Å². The van der Waals surface area contributed by atoms with Crippen LogP contribution in [0, 0.1) is 10.1 Å². The largest absolute Gasteiger partial charge is 0.364 e. The Morgan fingerprint density at radius 3 is 2.71 bits per heavy atom. The summed E-state index contributed by atoms with van der Waals surface area (Å²) in [7, 11) is 0. The van der Waals surface area contributed by atoms with Gasteiger partial charge in [0, 0.05) is 32.0 Å². The molecule has 2 rings (SSSR count). The van der Waals surface area contributed by atoms with Crippen molar-refractivity contribution in [3.63, 3.8) is 0 Å². The maximum absolute atomic E-state index is 11.2. The molecule has 9 nitrogen and oxygen atoms in total. The summed E-state index contributed by atoms with van der Waals surface area (Å²) < 4.78 is 1.81. The van der Waals surface area contributed by atoms with Crippen LogP contribution in [0.5, 0.6) is 0 Å². The first kappa shape index (κ1) is 14.7. The lowest BCUT2D eigenvalue weighted by atomic mass is 10.3. The molecule has 0 radical (unpaired) electrons. The van der Waals surface area contributed by atoms with Crippen LogP contribution in [0.3, 0.4) is 0 Å². The summed E-state index contributed by atoms with van der Waals surface area (Å²) in [6.45, 7) is 3.70. The van der Waals surface area contributed by atoms with Crippen molar-refractivity contribution in [2.75, 3.05) is 23.7 Å². The van der Waals surface area contributed by atoms with E-state index in [2.05, 4.69) is 25.7 Å². The number of nitrogens with one attached hydrogen (secondary N) is 2. The molecule has 0 bridgehead atoms. The van der Waals surface area contributed by atoms with Crippen LogP contribution in [0.15, 0.2) is 24.8 Å². The summed E-state index contributed by atoms with van der Waals surface area (Å²) in [5, 5.41) is 21.1. The number of aromatic nitrogens is 4. The molecular formula is C12H17N7O2. The van der Waals surface area contributed by atoms with E-state index in [1.807, 2.05) is 19.2 Å². The number of nitro groups is 1. The summed E-state index contributed by atoms with van der Waals surface area (Å²) in [6, 6.07) is 1.85. The molecule has 0 amide bonds. The summed E-state index contributed by atoms with van der Waals surface area (Å²) in [6.07, 6.45) is 5.67. The van der Waals surface area contributed by atoms with Crippen molar-refractivity contribution in [2.45, 2.75) is 19.9 Å². The Labute approximate surface area is 121 Å². The molecule has 21 heavy (non-hydrogen) atoms. The van der Waals surface area contributed by atoms with Gasteiger partial charge in [-0.15, -0.1) is 0 Å². The molecule has 2 heterocycles. The fraction of sp³-hybridized carbons (Fsp3) is 0.417. The van der Waals surface area contributed by atoms with Crippen LogP contribution < -0.4 is 10.6 Å². The molecule has 2 aromatic rings. The topological polar surface area (TPSA) is 111 Å². The van der Waals surface area contributed by atoms with Crippen molar-refractivity contribution in [3.05, 3.63) is 34.9 Å². The third kappa shape index (κ3) is 3.88. The highest BCUT2D eigenvalue weighted by Crippen LogP contribution is 2.28. The highest BCUT2D eigenvalue weighted by atomic mass is 16.6. The average Bonchev–Trinajstić information content (AvgIpc) is 2.97. The van der Waals surface area contributed by atoms with Crippen LogP contribution in [0.2, 0.25) is 0 Å². The molecule has 0 unspecified atom stereocenters. The van der Waals surface area contributed by atoms with Crippen LogP contribution in [-0.4, -0.2) is 37.8 Å². The van der Waals surface area contributed by atoms with E-state index in [0.717, 1.165) is 13.0 Å². The molecule has 2 N–H and O–H groups in total. The minimum atomic E-state index is -0.478. The minimum Gasteiger partial charge on any atom is -0.364 e. The molecule has 9 heteroatoms. The Morgan fingerprint density at radius 1 is 1.33 bits per heavy atom. The van der Waals surface area contributed by atoms with Gasteiger partial charge in [0.05, 0.1) is 4.92 Å². The molecule has 0 saturated carbocycles. The number of hydrogen-bond acceptors (Lipinski definition) is 7. The third-order valence-electron chi connectivity index (χ3n) is 2.76. The second-order valence-corrected chi connectivity index (χ2v) is 4.26. The first-order valence-electron chi connectivity index (χ1n) is 6.67. The first-order chi connectivity index (χ1) is 10.2. The molecular weight excluding hydrogens is 274 g/mol. The van der Waals surface area contributed by atoms with Gasteiger partial charge in [-0.2, -0.15) is 5.10 Å². The quantitative estimate of drug-likeness (QED) is 0.431. The maximum Gasteiger partial charge on any atom is 0.353 e. The van der Waals surface area contributed by atoms with Gasteiger partial charge in [-0.05, 0) is 19.4 Å². The minimum absolute atomic E-state index is 0.126. The molecule has 0 atom stereocenters. The predicted octanol–water partition coefficient (Wildman–Crippen LogP) is 1.52. The number of rotatable bonds is 8. The smallest absolute Gasteiger partial charge is 0.353 e. The highest BCUT2D eigenvalue weighted by Gasteiger charge is 2.21. The monoisotopic (exact) mass is 291 g/mol. The van der Waals surface area contributed by atoms with Gasteiger partial charge in [0.15, 0.2) is 0 Å². The van der Waals surface area contributed by atoms with E-state index in [4.69, 9.17) is 0 Å². The van der Waals surface area contributed by atoms with Crippen LogP contribution in [-0.2, 0) is 6.54 Å². The standard InChI is InChI=1S/C12H17N7O2/c1-2-13-11-10(19(20)21)12(16-9-15-11)14-5-3-7-18-8-4-6-17-18/h4,6,8-9H,2-3,5,7H2,1H3,(H2,13,14,15,16). The van der Waals surface area contributed by atoms with Gasteiger partial charge < -0.3 is 10.6 Å². The van der Waals surface area contributed by atoms with Gasteiger partial charge in [-0.1, -0.05) is 0 Å². The van der Waals surface area contributed by atoms with Gasteiger partial charge >= 0.3 is 5.69 Å². The molecule has 0 saturated heterocycles. The van der Waals surface area contributed by atoms with E-state index in [9.17, 15) is 10.1 Å². The Balaban J connectivity index is 1.98. The molecule has 0 fully saturated rings.